The third kappa shape index (κ3) is 3.46. The molecule has 3 aromatic rings. The summed E-state index contributed by atoms with van der Waals surface area (Å²) in [5.74, 6) is 0. The van der Waals surface area contributed by atoms with Gasteiger partial charge >= 0.3 is 0 Å². The van der Waals surface area contributed by atoms with Gasteiger partial charge in [-0.25, -0.2) is 0 Å². The first-order chi connectivity index (χ1) is 10.2. The van der Waals surface area contributed by atoms with Gasteiger partial charge in [-0.2, -0.15) is 5.26 Å². The molecule has 0 aliphatic carbocycles. The van der Waals surface area contributed by atoms with E-state index in [-0.39, 0.29) is 0 Å². The van der Waals surface area contributed by atoms with Crippen LogP contribution in [-0.2, 0) is 6.42 Å². The highest BCUT2D eigenvalue weighted by molar-refractivity contribution is 14.1. The van der Waals surface area contributed by atoms with Crippen molar-refractivity contribution in [3.05, 3.63) is 68.2 Å². The van der Waals surface area contributed by atoms with Crippen LogP contribution in [-0.4, -0.2) is 10.2 Å². The van der Waals surface area contributed by atoms with Crippen LogP contribution in [0.5, 0.6) is 0 Å². The molecule has 0 aliphatic rings. The van der Waals surface area contributed by atoms with Crippen LogP contribution >= 0.6 is 33.9 Å². The van der Waals surface area contributed by atoms with Crippen LogP contribution in [0.3, 0.4) is 0 Å². The Morgan fingerprint density at radius 3 is 2.62 bits per heavy atom. The Balaban J connectivity index is 1.81. The van der Waals surface area contributed by atoms with Crippen molar-refractivity contribution >= 4 is 33.9 Å². The lowest BCUT2D eigenvalue weighted by atomic mass is 10.2. The number of benzene rings is 2. The number of hydrogen-bond donors (Lipinski definition) is 0. The predicted octanol–water partition coefficient (Wildman–Crippen LogP) is 4.27. The normalized spacial score (nSPS) is 10.3. The summed E-state index contributed by atoms with van der Waals surface area (Å²) in [6.45, 7) is 0. The van der Waals surface area contributed by atoms with E-state index in [2.05, 4.69) is 63.1 Å². The number of hydrogen-bond acceptors (Lipinski definition) is 4. The number of aromatic nitrogens is 2. The van der Waals surface area contributed by atoms with Crippen LogP contribution in [0.2, 0.25) is 0 Å². The molecule has 0 atom stereocenters. The summed E-state index contributed by atoms with van der Waals surface area (Å²) >= 11 is 3.90. The molecule has 0 bridgehead atoms. The number of nitrogens with zero attached hydrogens (tertiary/aromatic N) is 3. The van der Waals surface area contributed by atoms with Crippen molar-refractivity contribution in [3.8, 4) is 16.6 Å². The molecule has 0 saturated carbocycles. The summed E-state index contributed by atoms with van der Waals surface area (Å²) < 4.78 is 1.22. The molecule has 0 amide bonds. The maximum atomic E-state index is 8.81. The van der Waals surface area contributed by atoms with Gasteiger partial charge in [0.2, 0.25) is 0 Å². The van der Waals surface area contributed by atoms with Crippen molar-refractivity contribution < 1.29 is 0 Å². The molecule has 0 radical (unpaired) electrons. The second-order valence-electron chi connectivity index (χ2n) is 4.50. The topological polar surface area (TPSA) is 49.6 Å². The van der Waals surface area contributed by atoms with Crippen LogP contribution < -0.4 is 0 Å². The van der Waals surface area contributed by atoms with Crippen LogP contribution in [0.4, 0.5) is 0 Å². The third-order valence-electron chi connectivity index (χ3n) is 2.97. The van der Waals surface area contributed by atoms with Crippen LogP contribution in [0, 0.1) is 14.9 Å². The fourth-order valence-electron chi connectivity index (χ4n) is 1.95. The fourth-order valence-corrected chi connectivity index (χ4v) is 3.44. The highest BCUT2D eigenvalue weighted by Crippen LogP contribution is 2.25. The molecule has 0 N–H and O–H groups in total. The van der Waals surface area contributed by atoms with E-state index in [4.69, 9.17) is 5.26 Å². The lowest BCUT2D eigenvalue weighted by molar-refractivity contribution is 1.01. The lowest BCUT2D eigenvalue weighted by Gasteiger charge is -1.97. The minimum atomic E-state index is 0.655. The third-order valence-corrected chi connectivity index (χ3v) is 4.62. The number of nitriles is 1. The average molecular weight is 403 g/mol. The van der Waals surface area contributed by atoms with Gasteiger partial charge in [-0.3, -0.25) is 0 Å². The van der Waals surface area contributed by atoms with Crippen molar-refractivity contribution in [2.75, 3.05) is 0 Å². The maximum Gasteiger partial charge on any atom is 0.147 e. The molecule has 0 aliphatic heterocycles. The molecule has 1 heterocycles. The van der Waals surface area contributed by atoms with E-state index in [9.17, 15) is 0 Å². The van der Waals surface area contributed by atoms with Crippen molar-refractivity contribution in [2.45, 2.75) is 6.42 Å². The Kier molecular flexibility index (Phi) is 4.27. The first-order valence-electron chi connectivity index (χ1n) is 6.32. The molecule has 3 nitrogen and oxygen atoms in total. The Labute approximate surface area is 140 Å². The summed E-state index contributed by atoms with van der Waals surface area (Å²) in [7, 11) is 0. The van der Waals surface area contributed by atoms with E-state index < -0.39 is 0 Å². The van der Waals surface area contributed by atoms with Crippen molar-refractivity contribution in [1.29, 1.82) is 5.26 Å². The van der Waals surface area contributed by atoms with Crippen molar-refractivity contribution in [1.82, 2.24) is 10.2 Å². The van der Waals surface area contributed by atoms with Crippen molar-refractivity contribution in [3.63, 3.8) is 0 Å². The molecule has 102 valence electrons. The minimum absolute atomic E-state index is 0.655. The average Bonchev–Trinajstić information content (AvgIpc) is 2.96. The van der Waals surface area contributed by atoms with Gasteiger partial charge in [-0.15, -0.1) is 10.2 Å². The molecular formula is C16H10IN3S. The highest BCUT2D eigenvalue weighted by Gasteiger charge is 2.07. The molecule has 0 fully saturated rings. The van der Waals surface area contributed by atoms with Gasteiger partial charge in [0.15, 0.2) is 0 Å². The first-order valence-corrected chi connectivity index (χ1v) is 8.21. The second kappa shape index (κ2) is 6.33. The SMILES string of the molecule is N#Cc1ccc(-c2nnc(Cc3cccc(I)c3)s2)cc1. The van der Waals surface area contributed by atoms with Gasteiger partial charge in [0.25, 0.3) is 0 Å². The van der Waals surface area contributed by atoms with Crippen LogP contribution in [0.15, 0.2) is 48.5 Å². The van der Waals surface area contributed by atoms with E-state index in [1.807, 2.05) is 12.1 Å². The Morgan fingerprint density at radius 2 is 1.90 bits per heavy atom. The molecule has 5 heteroatoms. The summed E-state index contributed by atoms with van der Waals surface area (Å²) in [6.07, 6.45) is 0.796. The minimum Gasteiger partial charge on any atom is -0.192 e. The molecular weight excluding hydrogens is 393 g/mol. The van der Waals surface area contributed by atoms with Gasteiger partial charge in [0, 0.05) is 15.6 Å². The van der Waals surface area contributed by atoms with Crippen LogP contribution in [0.25, 0.3) is 10.6 Å². The summed E-state index contributed by atoms with van der Waals surface area (Å²) in [5.41, 5.74) is 2.90. The Bertz CT molecular complexity index is 803. The molecule has 1 aromatic heterocycles. The number of rotatable bonds is 3. The van der Waals surface area contributed by atoms with Gasteiger partial charge in [-0.1, -0.05) is 35.6 Å². The largest absolute Gasteiger partial charge is 0.192 e. The van der Waals surface area contributed by atoms with Crippen LogP contribution in [0.1, 0.15) is 16.1 Å². The quantitative estimate of drug-likeness (QED) is 0.614. The van der Waals surface area contributed by atoms with Gasteiger partial charge in [0.05, 0.1) is 11.6 Å². The predicted molar refractivity (Wildman–Crippen MR) is 92.0 cm³/mol. The van der Waals surface area contributed by atoms with Gasteiger partial charge in [0.1, 0.15) is 10.0 Å². The lowest BCUT2D eigenvalue weighted by Crippen LogP contribution is -1.87. The summed E-state index contributed by atoms with van der Waals surface area (Å²) in [6, 6.07) is 17.9. The van der Waals surface area contributed by atoms with E-state index >= 15 is 0 Å². The van der Waals surface area contributed by atoms with E-state index in [1.54, 1.807) is 23.5 Å². The molecule has 2 aromatic carbocycles. The smallest absolute Gasteiger partial charge is 0.147 e. The molecule has 0 saturated heterocycles. The van der Waals surface area contributed by atoms with E-state index in [1.165, 1.54) is 9.13 Å². The van der Waals surface area contributed by atoms with E-state index in [0.717, 1.165) is 22.0 Å². The van der Waals surface area contributed by atoms with Gasteiger partial charge in [-0.05, 0) is 52.4 Å². The zero-order valence-corrected chi connectivity index (χ0v) is 13.9. The Hall–Kier alpha value is -1.78. The monoisotopic (exact) mass is 403 g/mol. The molecule has 21 heavy (non-hydrogen) atoms. The summed E-state index contributed by atoms with van der Waals surface area (Å²) in [4.78, 5) is 0. The second-order valence-corrected chi connectivity index (χ2v) is 6.80. The van der Waals surface area contributed by atoms with Crippen molar-refractivity contribution in [2.24, 2.45) is 0 Å². The fraction of sp³-hybridized carbons (Fsp3) is 0.0625. The molecule has 0 spiro atoms. The summed E-state index contributed by atoms with van der Waals surface area (Å²) in [5, 5.41) is 19.2. The number of halogens is 1. The standard InChI is InChI=1S/C16H10IN3S/c17-14-3-1-2-12(8-14)9-15-19-20-16(21-15)13-6-4-11(10-18)5-7-13/h1-8H,9H2. The van der Waals surface area contributed by atoms with E-state index in [0.29, 0.717) is 5.56 Å². The molecule has 0 unspecified atom stereocenters. The zero-order chi connectivity index (χ0) is 14.7. The highest BCUT2D eigenvalue weighted by atomic mass is 127. The molecule has 3 rings (SSSR count). The zero-order valence-electron chi connectivity index (χ0n) is 11.0. The van der Waals surface area contributed by atoms with Gasteiger partial charge < -0.3 is 0 Å². The maximum absolute atomic E-state index is 8.81. The first kappa shape index (κ1) is 14.2. The Morgan fingerprint density at radius 1 is 1.10 bits per heavy atom.